The Morgan fingerprint density at radius 3 is 2.64 bits per heavy atom. The number of ether oxygens (including phenoxy) is 1. The van der Waals surface area contributed by atoms with E-state index >= 15 is 0 Å². The standard InChI is InChI=1S/C17H22ClN3O/c1-11(2)7-12(3)10-22-17-15(18)8-14(9-20-17)16-5-6-19-13(4)21-16/h5-6,8-9,11-12H,7,10H2,1-4H3/t12-/m0/s1. The molecule has 0 aliphatic rings. The van der Waals surface area contributed by atoms with Gasteiger partial charge in [0.25, 0.3) is 0 Å². The highest BCUT2D eigenvalue weighted by molar-refractivity contribution is 6.32. The molecule has 0 radical (unpaired) electrons. The number of pyridine rings is 1. The Morgan fingerprint density at radius 2 is 2.00 bits per heavy atom. The van der Waals surface area contributed by atoms with E-state index in [0.29, 0.717) is 29.3 Å². The molecule has 2 rings (SSSR count). The number of aryl methyl sites for hydroxylation is 1. The van der Waals surface area contributed by atoms with Gasteiger partial charge in [-0.3, -0.25) is 0 Å². The number of rotatable bonds is 6. The summed E-state index contributed by atoms with van der Waals surface area (Å²) >= 11 is 6.28. The van der Waals surface area contributed by atoms with E-state index in [4.69, 9.17) is 16.3 Å². The van der Waals surface area contributed by atoms with Crippen LogP contribution in [0.3, 0.4) is 0 Å². The molecule has 2 heterocycles. The molecule has 2 aromatic rings. The molecule has 0 fully saturated rings. The zero-order chi connectivity index (χ0) is 16.1. The Balaban J connectivity index is 2.07. The monoisotopic (exact) mass is 319 g/mol. The normalized spacial score (nSPS) is 12.5. The Morgan fingerprint density at radius 1 is 1.23 bits per heavy atom. The van der Waals surface area contributed by atoms with Gasteiger partial charge in [0, 0.05) is 18.0 Å². The first-order chi connectivity index (χ1) is 10.5. The summed E-state index contributed by atoms with van der Waals surface area (Å²) in [7, 11) is 0. The van der Waals surface area contributed by atoms with Crippen LogP contribution in [-0.2, 0) is 0 Å². The second-order valence-corrected chi connectivity index (χ2v) is 6.45. The highest BCUT2D eigenvalue weighted by atomic mass is 35.5. The Hall–Kier alpha value is -1.68. The predicted octanol–water partition coefficient (Wildman–Crippen LogP) is 4.56. The molecule has 4 nitrogen and oxygen atoms in total. The number of hydrogen-bond acceptors (Lipinski definition) is 4. The Kier molecular flexibility index (Phi) is 5.72. The Labute approximate surface area is 136 Å². The van der Waals surface area contributed by atoms with Gasteiger partial charge in [0.2, 0.25) is 5.88 Å². The summed E-state index contributed by atoms with van der Waals surface area (Å²) in [6.07, 6.45) is 4.58. The largest absolute Gasteiger partial charge is 0.476 e. The summed E-state index contributed by atoms with van der Waals surface area (Å²) < 4.78 is 5.74. The molecule has 2 aromatic heterocycles. The van der Waals surface area contributed by atoms with Crippen molar-refractivity contribution in [1.29, 1.82) is 0 Å². The number of nitrogens with zero attached hydrogens (tertiary/aromatic N) is 3. The van der Waals surface area contributed by atoms with Gasteiger partial charge < -0.3 is 4.74 Å². The van der Waals surface area contributed by atoms with Gasteiger partial charge in [-0.05, 0) is 37.3 Å². The molecule has 0 N–H and O–H groups in total. The van der Waals surface area contributed by atoms with E-state index in [1.165, 1.54) is 0 Å². The summed E-state index contributed by atoms with van der Waals surface area (Å²) in [5, 5.41) is 0.505. The van der Waals surface area contributed by atoms with E-state index in [1.54, 1.807) is 12.4 Å². The highest BCUT2D eigenvalue weighted by Crippen LogP contribution is 2.27. The molecule has 0 aliphatic carbocycles. The van der Waals surface area contributed by atoms with Crippen molar-refractivity contribution in [2.75, 3.05) is 6.61 Å². The molecule has 5 heteroatoms. The topological polar surface area (TPSA) is 47.9 Å². The molecule has 0 saturated carbocycles. The van der Waals surface area contributed by atoms with Crippen LogP contribution in [0.15, 0.2) is 24.5 Å². The Bertz CT molecular complexity index is 631. The van der Waals surface area contributed by atoms with Gasteiger partial charge in [0.05, 0.1) is 12.3 Å². The molecule has 0 unspecified atom stereocenters. The van der Waals surface area contributed by atoms with Crippen LogP contribution >= 0.6 is 11.6 Å². The van der Waals surface area contributed by atoms with Gasteiger partial charge in [-0.15, -0.1) is 0 Å². The third-order valence-electron chi connectivity index (χ3n) is 3.26. The van der Waals surface area contributed by atoms with E-state index < -0.39 is 0 Å². The summed E-state index contributed by atoms with van der Waals surface area (Å²) in [4.78, 5) is 12.8. The second-order valence-electron chi connectivity index (χ2n) is 6.05. The zero-order valence-corrected chi connectivity index (χ0v) is 14.3. The van der Waals surface area contributed by atoms with Crippen molar-refractivity contribution in [2.24, 2.45) is 11.8 Å². The quantitative estimate of drug-likeness (QED) is 0.783. The van der Waals surface area contributed by atoms with Crippen molar-refractivity contribution in [1.82, 2.24) is 15.0 Å². The minimum Gasteiger partial charge on any atom is -0.476 e. The van der Waals surface area contributed by atoms with Crippen LogP contribution in [0.25, 0.3) is 11.3 Å². The highest BCUT2D eigenvalue weighted by Gasteiger charge is 2.11. The van der Waals surface area contributed by atoms with E-state index in [2.05, 4.69) is 35.7 Å². The van der Waals surface area contributed by atoms with Crippen LogP contribution in [-0.4, -0.2) is 21.6 Å². The fourth-order valence-corrected chi connectivity index (χ4v) is 2.60. The van der Waals surface area contributed by atoms with Gasteiger partial charge in [0.15, 0.2) is 0 Å². The van der Waals surface area contributed by atoms with Crippen LogP contribution in [0.4, 0.5) is 0 Å². The first kappa shape index (κ1) is 16.7. The maximum atomic E-state index is 6.28. The maximum absolute atomic E-state index is 6.28. The smallest absolute Gasteiger partial charge is 0.232 e. The lowest BCUT2D eigenvalue weighted by Crippen LogP contribution is -2.11. The molecular weight excluding hydrogens is 298 g/mol. The summed E-state index contributed by atoms with van der Waals surface area (Å²) in [6.45, 7) is 9.06. The molecule has 1 atom stereocenters. The van der Waals surface area contributed by atoms with E-state index in [1.807, 2.05) is 19.1 Å². The minimum absolute atomic E-state index is 0.474. The summed E-state index contributed by atoms with van der Waals surface area (Å²) in [6, 6.07) is 3.67. The van der Waals surface area contributed by atoms with Gasteiger partial charge in [-0.25, -0.2) is 15.0 Å². The van der Waals surface area contributed by atoms with Crippen LogP contribution in [0.5, 0.6) is 5.88 Å². The first-order valence-corrected chi connectivity index (χ1v) is 7.92. The molecule has 0 bridgehead atoms. The third kappa shape index (κ3) is 4.67. The second kappa shape index (κ2) is 7.54. The molecule has 0 aromatic carbocycles. The van der Waals surface area contributed by atoms with Crippen LogP contribution in [0.2, 0.25) is 5.02 Å². The number of hydrogen-bond donors (Lipinski definition) is 0. The van der Waals surface area contributed by atoms with E-state index in [-0.39, 0.29) is 0 Å². The molecule has 0 aliphatic heterocycles. The van der Waals surface area contributed by atoms with Crippen molar-refractivity contribution in [3.05, 3.63) is 35.4 Å². The van der Waals surface area contributed by atoms with E-state index in [9.17, 15) is 0 Å². The summed E-state index contributed by atoms with van der Waals surface area (Å²) in [5.74, 6) is 2.33. The minimum atomic E-state index is 0.474. The fraction of sp³-hybridized carbons (Fsp3) is 0.471. The lowest BCUT2D eigenvalue weighted by atomic mass is 10.00. The average Bonchev–Trinajstić information content (AvgIpc) is 2.45. The first-order valence-electron chi connectivity index (χ1n) is 7.54. The van der Waals surface area contributed by atoms with Crippen molar-refractivity contribution in [2.45, 2.75) is 34.1 Å². The molecule has 0 spiro atoms. The number of halogens is 1. The zero-order valence-electron chi connectivity index (χ0n) is 13.5. The van der Waals surface area contributed by atoms with Gasteiger partial charge in [-0.2, -0.15) is 0 Å². The van der Waals surface area contributed by atoms with Crippen molar-refractivity contribution < 1.29 is 4.74 Å². The van der Waals surface area contributed by atoms with E-state index in [0.717, 1.165) is 23.5 Å². The number of aromatic nitrogens is 3. The molecular formula is C17H22ClN3O. The van der Waals surface area contributed by atoms with Crippen LogP contribution in [0, 0.1) is 18.8 Å². The van der Waals surface area contributed by atoms with Crippen molar-refractivity contribution >= 4 is 11.6 Å². The van der Waals surface area contributed by atoms with Crippen LogP contribution in [0.1, 0.15) is 33.0 Å². The molecule has 0 amide bonds. The van der Waals surface area contributed by atoms with Crippen molar-refractivity contribution in [3.63, 3.8) is 0 Å². The lowest BCUT2D eigenvalue weighted by Gasteiger charge is -2.15. The predicted molar refractivity (Wildman–Crippen MR) is 89.1 cm³/mol. The third-order valence-corrected chi connectivity index (χ3v) is 3.53. The SMILES string of the molecule is Cc1nccc(-c2cnc(OC[C@@H](C)CC(C)C)c(Cl)c2)n1. The van der Waals surface area contributed by atoms with Gasteiger partial charge in [0.1, 0.15) is 10.8 Å². The molecule has 118 valence electrons. The summed E-state index contributed by atoms with van der Waals surface area (Å²) in [5.41, 5.74) is 1.67. The average molecular weight is 320 g/mol. The maximum Gasteiger partial charge on any atom is 0.232 e. The van der Waals surface area contributed by atoms with Crippen LogP contribution < -0.4 is 4.74 Å². The molecule has 0 saturated heterocycles. The van der Waals surface area contributed by atoms with Gasteiger partial charge in [-0.1, -0.05) is 32.4 Å². The fourth-order valence-electron chi connectivity index (χ4n) is 2.38. The van der Waals surface area contributed by atoms with Crippen molar-refractivity contribution in [3.8, 4) is 17.1 Å². The lowest BCUT2D eigenvalue weighted by molar-refractivity contribution is 0.231. The van der Waals surface area contributed by atoms with Gasteiger partial charge >= 0.3 is 0 Å². The molecule has 22 heavy (non-hydrogen) atoms.